The van der Waals surface area contributed by atoms with Crippen LogP contribution < -0.4 is 5.32 Å². The fourth-order valence-corrected chi connectivity index (χ4v) is 3.12. The SMILES string of the molecule is CC(C)CC(C)(O)CNC(C)c1ccc(Br)cc1Cl. The number of aliphatic hydroxyl groups is 1. The Morgan fingerprint density at radius 3 is 2.53 bits per heavy atom. The molecule has 2 nitrogen and oxygen atoms in total. The van der Waals surface area contributed by atoms with Gasteiger partial charge in [-0.2, -0.15) is 0 Å². The summed E-state index contributed by atoms with van der Waals surface area (Å²) in [5, 5.41) is 14.4. The van der Waals surface area contributed by atoms with E-state index >= 15 is 0 Å². The summed E-state index contributed by atoms with van der Waals surface area (Å²) in [6.07, 6.45) is 0.779. The normalized spacial score (nSPS) is 16.4. The highest BCUT2D eigenvalue weighted by Gasteiger charge is 2.22. The molecule has 0 aromatic heterocycles. The van der Waals surface area contributed by atoms with Gasteiger partial charge in [-0.3, -0.25) is 0 Å². The smallest absolute Gasteiger partial charge is 0.0746 e. The average Bonchev–Trinajstić information content (AvgIpc) is 2.24. The second-order valence-corrected chi connectivity index (χ2v) is 7.19. The third-order valence-electron chi connectivity index (χ3n) is 3.07. The average molecular weight is 349 g/mol. The molecule has 4 heteroatoms. The van der Waals surface area contributed by atoms with Crippen LogP contribution in [0.1, 0.15) is 45.7 Å². The minimum absolute atomic E-state index is 0.110. The molecule has 0 bridgehead atoms. The quantitative estimate of drug-likeness (QED) is 0.790. The van der Waals surface area contributed by atoms with E-state index in [1.807, 2.05) is 25.1 Å². The van der Waals surface area contributed by atoms with Crippen LogP contribution in [0.3, 0.4) is 0 Å². The van der Waals surface area contributed by atoms with Crippen LogP contribution in [0.25, 0.3) is 0 Å². The van der Waals surface area contributed by atoms with E-state index in [0.717, 1.165) is 21.5 Å². The minimum Gasteiger partial charge on any atom is -0.389 e. The fraction of sp³-hybridized carbons (Fsp3) is 0.600. The Balaban J connectivity index is 2.62. The minimum atomic E-state index is -0.690. The van der Waals surface area contributed by atoms with Crippen molar-refractivity contribution in [3.05, 3.63) is 33.3 Å². The van der Waals surface area contributed by atoms with Gasteiger partial charge in [0.1, 0.15) is 0 Å². The second kappa shape index (κ2) is 7.07. The van der Waals surface area contributed by atoms with Gasteiger partial charge in [0.05, 0.1) is 5.60 Å². The van der Waals surface area contributed by atoms with Crippen LogP contribution in [0.4, 0.5) is 0 Å². The van der Waals surface area contributed by atoms with E-state index in [0.29, 0.717) is 12.5 Å². The predicted octanol–water partition coefficient (Wildman–Crippen LogP) is 4.55. The van der Waals surface area contributed by atoms with Crippen molar-refractivity contribution >= 4 is 27.5 Å². The molecule has 1 rings (SSSR count). The Morgan fingerprint density at radius 1 is 1.37 bits per heavy atom. The molecule has 0 saturated carbocycles. The summed E-state index contributed by atoms with van der Waals surface area (Å²) in [5.74, 6) is 0.475. The molecule has 2 unspecified atom stereocenters. The lowest BCUT2D eigenvalue weighted by Crippen LogP contribution is -2.39. The lowest BCUT2D eigenvalue weighted by molar-refractivity contribution is 0.0363. The van der Waals surface area contributed by atoms with Gasteiger partial charge in [-0.25, -0.2) is 0 Å². The van der Waals surface area contributed by atoms with E-state index in [-0.39, 0.29) is 6.04 Å². The molecule has 19 heavy (non-hydrogen) atoms. The topological polar surface area (TPSA) is 32.3 Å². The molecule has 0 spiro atoms. The summed E-state index contributed by atoms with van der Waals surface area (Å²) in [7, 11) is 0. The molecule has 1 aromatic carbocycles. The number of rotatable bonds is 6. The summed E-state index contributed by atoms with van der Waals surface area (Å²) < 4.78 is 0.972. The summed E-state index contributed by atoms with van der Waals surface area (Å²) in [4.78, 5) is 0. The Hall–Kier alpha value is -0.0900. The Kier molecular flexibility index (Phi) is 6.31. The second-order valence-electron chi connectivity index (χ2n) is 5.86. The van der Waals surface area contributed by atoms with Gasteiger partial charge in [0.15, 0.2) is 0 Å². The maximum absolute atomic E-state index is 10.3. The molecule has 2 N–H and O–H groups in total. The molecule has 108 valence electrons. The number of hydrogen-bond acceptors (Lipinski definition) is 2. The van der Waals surface area contributed by atoms with Crippen LogP contribution in [0.15, 0.2) is 22.7 Å². The Morgan fingerprint density at radius 2 is 2.00 bits per heavy atom. The third kappa shape index (κ3) is 5.82. The van der Waals surface area contributed by atoms with Crippen molar-refractivity contribution in [1.82, 2.24) is 5.32 Å². The fourth-order valence-electron chi connectivity index (χ4n) is 2.29. The number of hydrogen-bond donors (Lipinski definition) is 2. The first-order valence-electron chi connectivity index (χ1n) is 6.62. The van der Waals surface area contributed by atoms with Crippen molar-refractivity contribution in [2.24, 2.45) is 5.92 Å². The number of nitrogens with one attached hydrogen (secondary N) is 1. The van der Waals surface area contributed by atoms with Gasteiger partial charge in [-0.1, -0.05) is 47.4 Å². The summed E-state index contributed by atoms with van der Waals surface area (Å²) in [6.45, 7) is 8.71. The highest BCUT2D eigenvalue weighted by Crippen LogP contribution is 2.27. The molecule has 0 saturated heterocycles. The first-order valence-corrected chi connectivity index (χ1v) is 7.79. The zero-order valence-electron chi connectivity index (χ0n) is 12.0. The van der Waals surface area contributed by atoms with Crippen molar-refractivity contribution in [2.45, 2.75) is 45.8 Å². The van der Waals surface area contributed by atoms with Crippen molar-refractivity contribution in [3.63, 3.8) is 0 Å². The van der Waals surface area contributed by atoms with Crippen LogP contribution in [-0.2, 0) is 0 Å². The highest BCUT2D eigenvalue weighted by molar-refractivity contribution is 9.10. The Labute approximate surface area is 129 Å². The molecule has 2 atom stereocenters. The van der Waals surface area contributed by atoms with Gasteiger partial charge in [0.25, 0.3) is 0 Å². The molecule has 0 amide bonds. The zero-order valence-corrected chi connectivity index (χ0v) is 14.3. The lowest BCUT2D eigenvalue weighted by atomic mass is 9.94. The van der Waals surface area contributed by atoms with E-state index in [1.165, 1.54) is 0 Å². The maximum Gasteiger partial charge on any atom is 0.0746 e. The molecule has 0 fully saturated rings. The number of benzene rings is 1. The molecule has 0 aliphatic rings. The first-order chi connectivity index (χ1) is 8.71. The van der Waals surface area contributed by atoms with Gasteiger partial charge in [0, 0.05) is 22.1 Å². The van der Waals surface area contributed by atoms with Crippen LogP contribution in [0.5, 0.6) is 0 Å². The van der Waals surface area contributed by atoms with Crippen molar-refractivity contribution < 1.29 is 5.11 Å². The molecule has 0 heterocycles. The van der Waals surface area contributed by atoms with Gasteiger partial charge in [-0.15, -0.1) is 0 Å². The molecule has 0 aliphatic carbocycles. The van der Waals surface area contributed by atoms with Crippen LogP contribution in [0, 0.1) is 5.92 Å². The monoisotopic (exact) mass is 347 g/mol. The Bertz CT molecular complexity index is 421. The predicted molar refractivity (Wildman–Crippen MR) is 85.6 cm³/mol. The lowest BCUT2D eigenvalue weighted by Gasteiger charge is -2.28. The zero-order chi connectivity index (χ0) is 14.6. The summed E-state index contributed by atoms with van der Waals surface area (Å²) >= 11 is 9.62. The van der Waals surface area contributed by atoms with Gasteiger partial charge in [-0.05, 0) is 43.9 Å². The van der Waals surface area contributed by atoms with Crippen molar-refractivity contribution in [2.75, 3.05) is 6.54 Å². The van der Waals surface area contributed by atoms with Gasteiger partial charge >= 0.3 is 0 Å². The third-order valence-corrected chi connectivity index (χ3v) is 3.89. The molecular formula is C15H23BrClNO. The van der Waals surface area contributed by atoms with Crippen LogP contribution >= 0.6 is 27.5 Å². The molecule has 1 aromatic rings. The first kappa shape index (κ1) is 17.0. The van der Waals surface area contributed by atoms with E-state index < -0.39 is 5.60 Å². The summed E-state index contributed by atoms with van der Waals surface area (Å²) in [6, 6.07) is 5.98. The van der Waals surface area contributed by atoms with Crippen LogP contribution in [-0.4, -0.2) is 17.3 Å². The molecule has 0 aliphatic heterocycles. The van der Waals surface area contributed by atoms with Crippen LogP contribution in [0.2, 0.25) is 5.02 Å². The molecule has 0 radical (unpaired) electrons. The van der Waals surface area contributed by atoms with E-state index in [9.17, 15) is 5.11 Å². The van der Waals surface area contributed by atoms with Crippen molar-refractivity contribution in [1.29, 1.82) is 0 Å². The maximum atomic E-state index is 10.3. The van der Waals surface area contributed by atoms with E-state index in [2.05, 4.69) is 42.0 Å². The van der Waals surface area contributed by atoms with Gasteiger partial charge < -0.3 is 10.4 Å². The summed E-state index contributed by atoms with van der Waals surface area (Å²) in [5.41, 5.74) is 0.356. The van der Waals surface area contributed by atoms with Crippen molar-refractivity contribution in [3.8, 4) is 0 Å². The van der Waals surface area contributed by atoms with E-state index in [4.69, 9.17) is 11.6 Å². The largest absolute Gasteiger partial charge is 0.389 e. The van der Waals surface area contributed by atoms with E-state index in [1.54, 1.807) is 0 Å². The standard InChI is InChI=1S/C15H23BrClNO/c1-10(2)8-15(4,19)9-18-11(3)13-6-5-12(16)7-14(13)17/h5-7,10-11,18-19H,8-9H2,1-4H3. The van der Waals surface area contributed by atoms with Gasteiger partial charge in [0.2, 0.25) is 0 Å². The highest BCUT2D eigenvalue weighted by atomic mass is 79.9. The number of halogens is 2. The molecular weight excluding hydrogens is 326 g/mol.